The van der Waals surface area contributed by atoms with Gasteiger partial charge in [-0.1, -0.05) is 0 Å². The van der Waals surface area contributed by atoms with Crippen LogP contribution in [0.25, 0.3) is 0 Å². The summed E-state index contributed by atoms with van der Waals surface area (Å²) < 4.78 is 15.4. The lowest BCUT2D eigenvalue weighted by atomic mass is 10.2. The molecule has 1 aliphatic rings. The Hall–Kier alpha value is -1.71. The summed E-state index contributed by atoms with van der Waals surface area (Å²) in [5.41, 5.74) is 0.705. The van der Waals surface area contributed by atoms with Crippen molar-refractivity contribution >= 4 is 5.90 Å². The first kappa shape index (κ1) is 8.87. The summed E-state index contributed by atoms with van der Waals surface area (Å²) in [5.74, 6) is 1.55. The van der Waals surface area contributed by atoms with E-state index in [0.717, 1.165) is 5.75 Å². The Balaban J connectivity index is 2.24. The fourth-order valence-electron chi connectivity index (χ4n) is 1.27. The van der Waals surface area contributed by atoms with E-state index < -0.39 is 0 Å². The third kappa shape index (κ3) is 1.51. The molecule has 74 valence electrons. The molecule has 0 amide bonds. The van der Waals surface area contributed by atoms with E-state index in [1.165, 1.54) is 0 Å². The van der Waals surface area contributed by atoms with Crippen molar-refractivity contribution in [3.05, 3.63) is 23.8 Å². The number of hydrogen-bond acceptors (Lipinski definition) is 4. The summed E-state index contributed by atoms with van der Waals surface area (Å²) in [5, 5.41) is 7.57. The average Bonchev–Trinajstić information content (AvgIpc) is 2.64. The maximum absolute atomic E-state index is 7.57. The number of nitrogens with one attached hydrogen (secondary N) is 1. The molecule has 2 rings (SSSR count). The average molecular weight is 193 g/mol. The largest absolute Gasteiger partial charge is 0.478 e. The van der Waals surface area contributed by atoms with Gasteiger partial charge in [-0.05, 0) is 25.1 Å². The van der Waals surface area contributed by atoms with E-state index >= 15 is 0 Å². The van der Waals surface area contributed by atoms with Gasteiger partial charge in [-0.15, -0.1) is 0 Å². The quantitative estimate of drug-likeness (QED) is 0.575. The van der Waals surface area contributed by atoms with Crippen molar-refractivity contribution in [1.29, 1.82) is 5.41 Å². The van der Waals surface area contributed by atoms with Crippen molar-refractivity contribution in [2.24, 2.45) is 0 Å². The van der Waals surface area contributed by atoms with Crippen molar-refractivity contribution < 1.29 is 14.2 Å². The van der Waals surface area contributed by atoms with Gasteiger partial charge < -0.3 is 14.2 Å². The molecular formula is C10H11NO3. The van der Waals surface area contributed by atoms with Crippen LogP contribution in [0.3, 0.4) is 0 Å². The van der Waals surface area contributed by atoms with Crippen LogP contribution in [0.15, 0.2) is 18.2 Å². The maximum Gasteiger partial charge on any atom is 0.231 e. The summed E-state index contributed by atoms with van der Waals surface area (Å²) in [6.07, 6.45) is 0. The van der Waals surface area contributed by atoms with Gasteiger partial charge in [0.2, 0.25) is 12.7 Å². The Labute approximate surface area is 81.9 Å². The predicted octanol–water partition coefficient (Wildman–Crippen LogP) is 1.78. The van der Waals surface area contributed by atoms with Crippen molar-refractivity contribution in [2.45, 2.75) is 6.92 Å². The van der Waals surface area contributed by atoms with Gasteiger partial charge in [0.05, 0.1) is 6.61 Å². The van der Waals surface area contributed by atoms with Crippen molar-refractivity contribution in [3.8, 4) is 11.5 Å². The van der Waals surface area contributed by atoms with Gasteiger partial charge in [0.15, 0.2) is 11.5 Å². The third-order valence-electron chi connectivity index (χ3n) is 1.92. The fraction of sp³-hybridized carbons (Fsp3) is 0.300. The molecule has 0 unspecified atom stereocenters. The zero-order valence-corrected chi connectivity index (χ0v) is 7.87. The van der Waals surface area contributed by atoms with Gasteiger partial charge in [-0.3, -0.25) is 5.41 Å². The van der Waals surface area contributed by atoms with Crippen LogP contribution in [-0.4, -0.2) is 19.3 Å². The number of rotatable bonds is 2. The summed E-state index contributed by atoms with van der Waals surface area (Å²) in [6, 6.07) is 5.32. The highest BCUT2D eigenvalue weighted by Gasteiger charge is 2.14. The van der Waals surface area contributed by atoms with Crippen LogP contribution in [0.5, 0.6) is 11.5 Å². The topological polar surface area (TPSA) is 51.5 Å². The number of hydrogen-bond donors (Lipinski definition) is 1. The number of fused-ring (bicyclic) bond motifs is 1. The van der Waals surface area contributed by atoms with Crippen LogP contribution < -0.4 is 9.47 Å². The van der Waals surface area contributed by atoms with E-state index in [9.17, 15) is 0 Å². The standard InChI is InChI=1S/C10H11NO3/c1-2-12-10(11)7-3-4-8-9(5-7)14-6-13-8/h3-5,11H,2,6H2,1H3. The molecule has 1 N–H and O–H groups in total. The molecule has 0 saturated carbocycles. The Bertz CT molecular complexity index is 362. The SMILES string of the molecule is CCOC(=N)c1ccc2c(c1)OCO2. The summed E-state index contributed by atoms with van der Waals surface area (Å²) >= 11 is 0. The Morgan fingerprint density at radius 1 is 1.43 bits per heavy atom. The molecule has 0 aromatic heterocycles. The maximum atomic E-state index is 7.57. The van der Waals surface area contributed by atoms with E-state index in [4.69, 9.17) is 19.6 Å². The Morgan fingerprint density at radius 2 is 2.21 bits per heavy atom. The second-order valence-corrected chi connectivity index (χ2v) is 2.83. The highest BCUT2D eigenvalue weighted by atomic mass is 16.7. The predicted molar refractivity (Wildman–Crippen MR) is 51.0 cm³/mol. The van der Waals surface area contributed by atoms with Crippen LogP contribution in [0, 0.1) is 5.41 Å². The molecule has 0 bridgehead atoms. The zero-order valence-electron chi connectivity index (χ0n) is 7.87. The minimum absolute atomic E-state index is 0.158. The lowest BCUT2D eigenvalue weighted by molar-refractivity contribution is 0.174. The summed E-state index contributed by atoms with van der Waals surface area (Å²) in [7, 11) is 0. The molecular weight excluding hydrogens is 182 g/mol. The third-order valence-corrected chi connectivity index (χ3v) is 1.92. The molecule has 1 aromatic rings. The highest BCUT2D eigenvalue weighted by Crippen LogP contribution is 2.32. The van der Waals surface area contributed by atoms with E-state index in [0.29, 0.717) is 17.9 Å². The van der Waals surface area contributed by atoms with Crippen molar-refractivity contribution in [2.75, 3.05) is 13.4 Å². The monoisotopic (exact) mass is 193 g/mol. The normalized spacial score (nSPS) is 12.6. The fourth-order valence-corrected chi connectivity index (χ4v) is 1.27. The molecule has 0 saturated heterocycles. The molecule has 4 nitrogen and oxygen atoms in total. The summed E-state index contributed by atoms with van der Waals surface area (Å²) in [4.78, 5) is 0. The first-order valence-corrected chi connectivity index (χ1v) is 4.42. The van der Waals surface area contributed by atoms with Crippen LogP contribution >= 0.6 is 0 Å². The zero-order chi connectivity index (χ0) is 9.97. The molecule has 0 aliphatic carbocycles. The second kappa shape index (κ2) is 3.57. The van der Waals surface area contributed by atoms with Crippen LogP contribution in [0.1, 0.15) is 12.5 Å². The Kier molecular flexibility index (Phi) is 2.26. The first-order chi connectivity index (χ1) is 6.81. The van der Waals surface area contributed by atoms with Crippen LogP contribution in [0.4, 0.5) is 0 Å². The van der Waals surface area contributed by atoms with Gasteiger partial charge in [0, 0.05) is 5.56 Å². The van der Waals surface area contributed by atoms with Crippen molar-refractivity contribution in [1.82, 2.24) is 0 Å². The van der Waals surface area contributed by atoms with E-state index in [1.807, 2.05) is 6.92 Å². The molecule has 14 heavy (non-hydrogen) atoms. The smallest absolute Gasteiger partial charge is 0.231 e. The highest BCUT2D eigenvalue weighted by molar-refractivity contribution is 5.92. The molecule has 4 heteroatoms. The molecule has 0 radical (unpaired) electrons. The van der Waals surface area contributed by atoms with Crippen molar-refractivity contribution in [3.63, 3.8) is 0 Å². The minimum atomic E-state index is 0.158. The molecule has 1 aliphatic heterocycles. The van der Waals surface area contributed by atoms with Gasteiger partial charge >= 0.3 is 0 Å². The Morgan fingerprint density at radius 3 is 3.00 bits per heavy atom. The molecule has 1 aromatic carbocycles. The first-order valence-electron chi connectivity index (χ1n) is 4.42. The van der Waals surface area contributed by atoms with E-state index in [-0.39, 0.29) is 12.7 Å². The van der Waals surface area contributed by atoms with Gasteiger partial charge in [-0.2, -0.15) is 0 Å². The second-order valence-electron chi connectivity index (χ2n) is 2.83. The lowest BCUT2D eigenvalue weighted by Crippen LogP contribution is -2.04. The molecule has 0 atom stereocenters. The van der Waals surface area contributed by atoms with Gasteiger partial charge in [0.25, 0.3) is 0 Å². The minimum Gasteiger partial charge on any atom is -0.478 e. The van der Waals surface area contributed by atoms with Crippen LogP contribution in [0.2, 0.25) is 0 Å². The summed E-state index contributed by atoms with van der Waals surface area (Å²) in [6.45, 7) is 2.59. The number of benzene rings is 1. The number of ether oxygens (including phenoxy) is 3. The molecule has 0 spiro atoms. The molecule has 1 heterocycles. The van der Waals surface area contributed by atoms with E-state index in [1.54, 1.807) is 18.2 Å². The van der Waals surface area contributed by atoms with Crippen LogP contribution in [-0.2, 0) is 4.74 Å². The van der Waals surface area contributed by atoms with Gasteiger partial charge in [0.1, 0.15) is 0 Å². The van der Waals surface area contributed by atoms with Gasteiger partial charge in [-0.25, -0.2) is 0 Å². The van der Waals surface area contributed by atoms with E-state index in [2.05, 4.69) is 0 Å². The molecule has 0 fully saturated rings. The lowest BCUT2D eigenvalue weighted by Gasteiger charge is -2.05.